The Hall–Kier alpha value is -2.44. The minimum Gasteiger partial charge on any atom is -0.507 e. The summed E-state index contributed by atoms with van der Waals surface area (Å²) in [5.41, 5.74) is -0.909. The van der Waals surface area contributed by atoms with Gasteiger partial charge in [-0.25, -0.2) is 0 Å². The van der Waals surface area contributed by atoms with Crippen molar-refractivity contribution < 1.29 is 30.0 Å². The van der Waals surface area contributed by atoms with E-state index in [1.165, 1.54) is 12.1 Å². The second kappa shape index (κ2) is 4.03. The molecule has 4 N–H and O–H groups in total. The lowest BCUT2D eigenvalue weighted by atomic mass is 9.82. The van der Waals surface area contributed by atoms with Gasteiger partial charge in [0.2, 0.25) is 0 Å². The molecule has 102 valence electrons. The number of phenols is 2. The van der Waals surface area contributed by atoms with Crippen molar-refractivity contribution in [1.82, 2.24) is 0 Å². The van der Waals surface area contributed by atoms with Crippen molar-refractivity contribution in [1.29, 1.82) is 0 Å². The third kappa shape index (κ3) is 1.40. The second-order valence-electron chi connectivity index (χ2n) is 4.61. The molecule has 2 unspecified atom stereocenters. The van der Waals surface area contributed by atoms with E-state index in [0.29, 0.717) is 0 Å². The Balaban J connectivity index is 2.50. The summed E-state index contributed by atoms with van der Waals surface area (Å²) in [6.45, 7) is 0. The van der Waals surface area contributed by atoms with E-state index < -0.39 is 46.4 Å². The first-order valence-electron chi connectivity index (χ1n) is 5.86. The highest BCUT2D eigenvalue weighted by molar-refractivity contribution is 6.24. The number of hydrogen-bond donors (Lipinski definition) is 4. The van der Waals surface area contributed by atoms with E-state index in [-0.39, 0.29) is 10.8 Å². The van der Waals surface area contributed by atoms with E-state index in [0.717, 1.165) is 0 Å². The summed E-state index contributed by atoms with van der Waals surface area (Å²) in [7, 11) is 0. The van der Waals surface area contributed by atoms with Gasteiger partial charge in [0.1, 0.15) is 11.5 Å². The van der Waals surface area contributed by atoms with Gasteiger partial charge in [-0.3, -0.25) is 9.59 Å². The molecule has 20 heavy (non-hydrogen) atoms. The quantitative estimate of drug-likeness (QED) is 0.515. The number of carbonyl (C=O) groups is 2. The lowest BCUT2D eigenvalue weighted by Crippen LogP contribution is -2.45. The molecule has 0 bridgehead atoms. The van der Waals surface area contributed by atoms with Crippen molar-refractivity contribution in [2.24, 2.45) is 0 Å². The van der Waals surface area contributed by atoms with Gasteiger partial charge in [-0.15, -0.1) is 0 Å². The fourth-order valence-corrected chi connectivity index (χ4v) is 2.46. The molecule has 0 heterocycles. The summed E-state index contributed by atoms with van der Waals surface area (Å²) in [6.07, 6.45) is -3.89. The second-order valence-corrected chi connectivity index (χ2v) is 4.61. The van der Waals surface area contributed by atoms with Crippen molar-refractivity contribution in [3.05, 3.63) is 35.4 Å². The van der Waals surface area contributed by atoms with Gasteiger partial charge in [-0.05, 0) is 0 Å². The van der Waals surface area contributed by atoms with E-state index >= 15 is 0 Å². The van der Waals surface area contributed by atoms with Crippen LogP contribution in [-0.4, -0.2) is 44.2 Å². The van der Waals surface area contributed by atoms with Crippen LogP contribution in [0.1, 0.15) is 20.7 Å². The van der Waals surface area contributed by atoms with Crippen molar-refractivity contribution >= 4 is 22.3 Å². The van der Waals surface area contributed by atoms with Gasteiger partial charge in [0, 0.05) is 10.8 Å². The highest BCUT2D eigenvalue weighted by Gasteiger charge is 2.43. The molecule has 2 aromatic rings. The molecule has 0 amide bonds. The zero-order chi connectivity index (χ0) is 14.6. The third-order valence-electron chi connectivity index (χ3n) is 3.49. The number of rotatable bonds is 0. The normalized spacial score (nSPS) is 22.1. The Kier molecular flexibility index (Phi) is 2.53. The third-order valence-corrected chi connectivity index (χ3v) is 3.49. The smallest absolute Gasteiger partial charge is 0.199 e. The molecule has 0 aliphatic heterocycles. The molecule has 3 rings (SSSR count). The highest BCUT2D eigenvalue weighted by Crippen LogP contribution is 2.42. The summed E-state index contributed by atoms with van der Waals surface area (Å²) >= 11 is 0. The molecule has 2 aromatic carbocycles. The van der Waals surface area contributed by atoms with Crippen LogP contribution in [0, 0.1) is 0 Å². The number of aromatic hydroxyl groups is 2. The molecule has 6 nitrogen and oxygen atoms in total. The number of Topliss-reactive ketones (excluding diaryl/α,β-unsaturated/α-hetero) is 2. The highest BCUT2D eigenvalue weighted by atomic mass is 16.3. The van der Waals surface area contributed by atoms with Gasteiger partial charge in [-0.1, -0.05) is 24.3 Å². The minimum atomic E-state index is -1.94. The molecule has 2 atom stereocenters. The number of hydrogen-bond acceptors (Lipinski definition) is 6. The van der Waals surface area contributed by atoms with E-state index in [1.54, 1.807) is 12.1 Å². The van der Waals surface area contributed by atoms with Crippen LogP contribution in [0.4, 0.5) is 0 Å². The monoisotopic (exact) mass is 274 g/mol. The molecule has 0 radical (unpaired) electrons. The van der Waals surface area contributed by atoms with E-state index in [2.05, 4.69) is 0 Å². The van der Waals surface area contributed by atoms with Crippen LogP contribution >= 0.6 is 0 Å². The lowest BCUT2D eigenvalue weighted by molar-refractivity contribution is 0.0180. The van der Waals surface area contributed by atoms with Gasteiger partial charge >= 0.3 is 0 Å². The molecular weight excluding hydrogens is 264 g/mol. The maximum absolute atomic E-state index is 12.0. The first-order chi connectivity index (χ1) is 9.45. The van der Waals surface area contributed by atoms with Gasteiger partial charge in [0.15, 0.2) is 23.8 Å². The number of aliphatic hydroxyl groups excluding tert-OH is 2. The summed E-state index contributed by atoms with van der Waals surface area (Å²) in [4.78, 5) is 23.9. The molecule has 1 aliphatic rings. The largest absolute Gasteiger partial charge is 0.507 e. The van der Waals surface area contributed by atoms with E-state index in [9.17, 15) is 30.0 Å². The first-order valence-corrected chi connectivity index (χ1v) is 5.86. The summed E-state index contributed by atoms with van der Waals surface area (Å²) in [5.74, 6) is -2.97. The molecule has 1 aliphatic carbocycles. The molecule has 0 saturated carbocycles. The molecular formula is C14H10O6. The number of fused-ring (bicyclic) bond motifs is 2. The molecule has 6 heteroatoms. The number of carbonyl (C=O) groups excluding carboxylic acids is 2. The van der Waals surface area contributed by atoms with Crippen molar-refractivity contribution in [3.8, 4) is 11.5 Å². The average Bonchev–Trinajstić information content (AvgIpc) is 2.46. The minimum absolute atomic E-state index is 0.188. The molecule has 0 spiro atoms. The van der Waals surface area contributed by atoms with Crippen molar-refractivity contribution in [2.75, 3.05) is 0 Å². The molecule has 0 saturated heterocycles. The Morgan fingerprint density at radius 2 is 1.10 bits per heavy atom. The average molecular weight is 274 g/mol. The van der Waals surface area contributed by atoms with Crippen LogP contribution in [0.3, 0.4) is 0 Å². The summed E-state index contributed by atoms with van der Waals surface area (Å²) < 4.78 is 0. The van der Waals surface area contributed by atoms with Gasteiger partial charge < -0.3 is 20.4 Å². The van der Waals surface area contributed by atoms with E-state index in [4.69, 9.17) is 0 Å². The fourth-order valence-electron chi connectivity index (χ4n) is 2.46. The van der Waals surface area contributed by atoms with Crippen LogP contribution < -0.4 is 0 Å². The Labute approximate surface area is 112 Å². The fraction of sp³-hybridized carbons (Fsp3) is 0.143. The van der Waals surface area contributed by atoms with Gasteiger partial charge in [0.25, 0.3) is 0 Å². The van der Waals surface area contributed by atoms with Crippen molar-refractivity contribution in [3.63, 3.8) is 0 Å². The summed E-state index contributed by atoms with van der Waals surface area (Å²) in [6, 6.07) is 6.13. The number of phenolic OH excluding ortho intramolecular Hbond substituents is 2. The van der Waals surface area contributed by atoms with Gasteiger partial charge in [-0.2, -0.15) is 0 Å². The SMILES string of the molecule is O=C1c2c(c(O)c3ccccc3c2O)C(=O)C(O)C1O. The summed E-state index contributed by atoms with van der Waals surface area (Å²) in [5, 5.41) is 39.7. The topological polar surface area (TPSA) is 115 Å². The van der Waals surface area contributed by atoms with Crippen molar-refractivity contribution in [2.45, 2.75) is 12.2 Å². The number of aliphatic hydroxyl groups is 2. The zero-order valence-corrected chi connectivity index (χ0v) is 10.1. The lowest BCUT2D eigenvalue weighted by Gasteiger charge is -2.25. The Bertz CT molecular complexity index is 699. The van der Waals surface area contributed by atoms with E-state index in [1.807, 2.05) is 0 Å². The molecule has 0 aromatic heterocycles. The first kappa shape index (κ1) is 12.6. The van der Waals surface area contributed by atoms with Crippen LogP contribution in [0.5, 0.6) is 11.5 Å². The number of benzene rings is 2. The Morgan fingerprint density at radius 1 is 0.750 bits per heavy atom. The standard InChI is InChI=1S/C14H10O6/c15-9-5-3-1-2-4-6(5)10(16)8-7(9)11(17)13(19)14(20)12(8)18/h1-4,13-16,19-20H. The molecule has 0 fully saturated rings. The zero-order valence-electron chi connectivity index (χ0n) is 10.1. The van der Waals surface area contributed by atoms with Crippen LogP contribution in [0.2, 0.25) is 0 Å². The Morgan fingerprint density at radius 3 is 1.45 bits per heavy atom. The predicted molar refractivity (Wildman–Crippen MR) is 68.0 cm³/mol. The van der Waals surface area contributed by atoms with Crippen LogP contribution in [0.25, 0.3) is 10.8 Å². The predicted octanol–water partition coefficient (Wildman–Crippen LogP) is 0.352. The number of ketones is 2. The van der Waals surface area contributed by atoms with Gasteiger partial charge in [0.05, 0.1) is 11.1 Å². The van der Waals surface area contributed by atoms with Crippen LogP contribution in [0.15, 0.2) is 24.3 Å². The maximum atomic E-state index is 12.0. The maximum Gasteiger partial charge on any atom is 0.199 e. The van der Waals surface area contributed by atoms with Crippen LogP contribution in [-0.2, 0) is 0 Å².